The highest BCUT2D eigenvalue weighted by molar-refractivity contribution is 9.11. The van der Waals surface area contributed by atoms with Crippen molar-refractivity contribution in [2.75, 3.05) is 7.11 Å². The van der Waals surface area contributed by atoms with Gasteiger partial charge in [-0.1, -0.05) is 44.0 Å². The van der Waals surface area contributed by atoms with Crippen LogP contribution in [0.4, 0.5) is 0 Å². The number of amides is 1. The molecule has 0 fully saturated rings. The number of rotatable bonds is 5. The number of hydrogen-bond donors (Lipinski definition) is 1. The molecule has 3 rings (SSSR count). The number of methoxy groups -OCH3 is 1. The maximum Gasteiger partial charge on any atom is 0.328 e. The monoisotopic (exact) mass is 491 g/mol. The second kappa shape index (κ2) is 8.58. The number of nitrogens with zero attached hydrogens (tertiary/aromatic N) is 2. The number of nitrogens with one attached hydrogen (secondary N) is 1. The van der Waals surface area contributed by atoms with Crippen LogP contribution in [0.2, 0.25) is 0 Å². The summed E-state index contributed by atoms with van der Waals surface area (Å²) in [6.45, 7) is 0. The molecular formula is C19H15Br2N3O3. The normalized spacial score (nSPS) is 11.8. The standard InChI is InChI=1S/C19H15Br2N3O3/c1-27-19(26)17(24-18(25)11-6-12(20)8-13(21)7-11)9-14-10-22-15-4-2-3-5-16(15)23-14/h2-8,10,17H,9H2,1H3,(H,24,25)/t17-/m1/s1. The Morgan fingerprint density at radius 1 is 1.11 bits per heavy atom. The molecule has 1 heterocycles. The quantitative estimate of drug-likeness (QED) is 0.549. The predicted octanol–water partition coefficient (Wildman–Crippen LogP) is 3.67. The molecule has 0 aliphatic rings. The van der Waals surface area contributed by atoms with Gasteiger partial charge in [0.15, 0.2) is 0 Å². The fraction of sp³-hybridized carbons (Fsp3) is 0.158. The highest BCUT2D eigenvalue weighted by atomic mass is 79.9. The number of aromatic nitrogens is 2. The molecule has 1 aromatic heterocycles. The minimum Gasteiger partial charge on any atom is -0.467 e. The van der Waals surface area contributed by atoms with Crippen LogP contribution >= 0.6 is 31.9 Å². The summed E-state index contributed by atoms with van der Waals surface area (Å²) in [4.78, 5) is 33.6. The number of hydrogen-bond acceptors (Lipinski definition) is 5. The Morgan fingerprint density at radius 3 is 2.44 bits per heavy atom. The van der Waals surface area contributed by atoms with Crippen LogP contribution in [-0.2, 0) is 16.0 Å². The Hall–Kier alpha value is -2.32. The average molecular weight is 493 g/mol. The van der Waals surface area contributed by atoms with E-state index < -0.39 is 12.0 Å². The fourth-order valence-corrected chi connectivity index (χ4v) is 3.86. The minimum atomic E-state index is -0.879. The molecule has 0 bridgehead atoms. The molecule has 1 N–H and O–H groups in total. The number of benzene rings is 2. The summed E-state index contributed by atoms with van der Waals surface area (Å²) in [5, 5.41) is 2.71. The Morgan fingerprint density at radius 2 is 1.78 bits per heavy atom. The molecule has 1 amide bonds. The minimum absolute atomic E-state index is 0.172. The van der Waals surface area contributed by atoms with Crippen molar-refractivity contribution < 1.29 is 14.3 Å². The summed E-state index contributed by atoms with van der Waals surface area (Å²) in [5.41, 5.74) is 2.48. The highest BCUT2D eigenvalue weighted by Crippen LogP contribution is 2.20. The predicted molar refractivity (Wildman–Crippen MR) is 108 cm³/mol. The van der Waals surface area contributed by atoms with Crippen molar-refractivity contribution in [3.63, 3.8) is 0 Å². The zero-order chi connectivity index (χ0) is 19.4. The van der Waals surface area contributed by atoms with E-state index in [0.717, 1.165) is 20.0 Å². The van der Waals surface area contributed by atoms with Crippen LogP contribution in [-0.4, -0.2) is 35.0 Å². The summed E-state index contributed by atoms with van der Waals surface area (Å²) in [5.74, 6) is -0.937. The van der Waals surface area contributed by atoms with Gasteiger partial charge in [0.2, 0.25) is 0 Å². The van der Waals surface area contributed by atoms with Crippen molar-refractivity contribution in [2.24, 2.45) is 0 Å². The molecule has 3 aromatic rings. The zero-order valence-electron chi connectivity index (χ0n) is 14.3. The van der Waals surface area contributed by atoms with E-state index in [9.17, 15) is 9.59 Å². The Bertz CT molecular complexity index is 990. The number of fused-ring (bicyclic) bond motifs is 1. The van der Waals surface area contributed by atoms with Crippen LogP contribution in [0.3, 0.4) is 0 Å². The third-order valence-corrected chi connectivity index (χ3v) is 4.74. The molecule has 0 aliphatic carbocycles. The lowest BCUT2D eigenvalue weighted by atomic mass is 10.1. The molecule has 0 saturated heterocycles. The van der Waals surface area contributed by atoms with Gasteiger partial charge < -0.3 is 10.1 Å². The zero-order valence-corrected chi connectivity index (χ0v) is 17.5. The molecule has 0 radical (unpaired) electrons. The third-order valence-electron chi connectivity index (χ3n) is 3.83. The van der Waals surface area contributed by atoms with Crippen LogP contribution < -0.4 is 5.32 Å². The fourth-order valence-electron chi connectivity index (χ4n) is 2.57. The van der Waals surface area contributed by atoms with Crippen LogP contribution in [0, 0.1) is 0 Å². The van der Waals surface area contributed by atoms with E-state index in [-0.39, 0.29) is 12.3 Å². The molecule has 138 valence electrons. The summed E-state index contributed by atoms with van der Waals surface area (Å²) in [6, 6.07) is 11.7. The molecule has 0 spiro atoms. The van der Waals surface area contributed by atoms with Gasteiger partial charge >= 0.3 is 5.97 Å². The Kier molecular flexibility index (Phi) is 6.18. The smallest absolute Gasteiger partial charge is 0.328 e. The molecule has 0 unspecified atom stereocenters. The number of esters is 1. The van der Waals surface area contributed by atoms with E-state index in [0.29, 0.717) is 11.3 Å². The van der Waals surface area contributed by atoms with Gasteiger partial charge in [0.05, 0.1) is 23.8 Å². The third kappa shape index (κ3) is 4.90. The van der Waals surface area contributed by atoms with Crippen LogP contribution in [0.25, 0.3) is 11.0 Å². The molecule has 27 heavy (non-hydrogen) atoms. The molecule has 6 nitrogen and oxygen atoms in total. The van der Waals surface area contributed by atoms with E-state index in [2.05, 4.69) is 47.1 Å². The maximum atomic E-state index is 12.6. The SMILES string of the molecule is COC(=O)[C@@H](Cc1cnc2ccccc2n1)NC(=O)c1cc(Br)cc(Br)c1. The van der Waals surface area contributed by atoms with E-state index in [1.807, 2.05) is 30.3 Å². The molecule has 0 saturated carbocycles. The number of para-hydroxylation sites is 2. The largest absolute Gasteiger partial charge is 0.467 e. The van der Waals surface area contributed by atoms with Gasteiger partial charge in [-0.15, -0.1) is 0 Å². The number of halogens is 2. The van der Waals surface area contributed by atoms with E-state index in [4.69, 9.17) is 4.74 Å². The maximum absolute atomic E-state index is 12.6. The Labute approximate surface area is 172 Å². The van der Waals surface area contributed by atoms with Crippen molar-refractivity contribution in [3.8, 4) is 0 Å². The first kappa shape index (κ1) is 19.4. The highest BCUT2D eigenvalue weighted by Gasteiger charge is 2.24. The van der Waals surface area contributed by atoms with Gasteiger partial charge in [0.25, 0.3) is 5.91 Å². The first-order valence-electron chi connectivity index (χ1n) is 8.01. The lowest BCUT2D eigenvalue weighted by Crippen LogP contribution is -2.43. The van der Waals surface area contributed by atoms with Crippen LogP contribution in [0.15, 0.2) is 57.6 Å². The summed E-state index contributed by atoms with van der Waals surface area (Å²) >= 11 is 6.69. The number of carbonyl (C=O) groups excluding carboxylic acids is 2. The first-order valence-corrected chi connectivity index (χ1v) is 9.60. The van der Waals surface area contributed by atoms with Gasteiger partial charge in [-0.2, -0.15) is 0 Å². The van der Waals surface area contributed by atoms with Gasteiger partial charge in [-0.3, -0.25) is 9.78 Å². The summed E-state index contributed by atoms with van der Waals surface area (Å²) in [6.07, 6.45) is 1.77. The van der Waals surface area contributed by atoms with E-state index in [1.54, 1.807) is 18.3 Å². The average Bonchev–Trinajstić information content (AvgIpc) is 2.66. The van der Waals surface area contributed by atoms with Crippen molar-refractivity contribution in [2.45, 2.75) is 12.5 Å². The summed E-state index contributed by atoms with van der Waals surface area (Å²) < 4.78 is 6.33. The molecule has 2 aromatic carbocycles. The lowest BCUT2D eigenvalue weighted by molar-refractivity contribution is -0.142. The van der Waals surface area contributed by atoms with Crippen molar-refractivity contribution in [1.82, 2.24) is 15.3 Å². The molecule has 8 heteroatoms. The number of ether oxygens (including phenoxy) is 1. The molecular weight excluding hydrogens is 478 g/mol. The van der Waals surface area contributed by atoms with Crippen LogP contribution in [0.5, 0.6) is 0 Å². The van der Waals surface area contributed by atoms with Crippen molar-refractivity contribution >= 4 is 54.8 Å². The summed E-state index contributed by atoms with van der Waals surface area (Å²) in [7, 11) is 1.28. The van der Waals surface area contributed by atoms with Gasteiger partial charge in [-0.05, 0) is 30.3 Å². The van der Waals surface area contributed by atoms with E-state index >= 15 is 0 Å². The Balaban J connectivity index is 1.82. The molecule has 1 atom stereocenters. The van der Waals surface area contributed by atoms with Crippen molar-refractivity contribution in [3.05, 3.63) is 68.9 Å². The molecule has 0 aliphatic heterocycles. The second-order valence-electron chi connectivity index (χ2n) is 5.76. The van der Waals surface area contributed by atoms with Gasteiger partial charge in [-0.25, -0.2) is 9.78 Å². The van der Waals surface area contributed by atoms with Gasteiger partial charge in [0, 0.05) is 27.1 Å². The van der Waals surface area contributed by atoms with Crippen LogP contribution in [0.1, 0.15) is 16.1 Å². The number of carbonyl (C=O) groups is 2. The second-order valence-corrected chi connectivity index (χ2v) is 7.59. The van der Waals surface area contributed by atoms with Gasteiger partial charge in [0.1, 0.15) is 6.04 Å². The van der Waals surface area contributed by atoms with E-state index in [1.165, 1.54) is 7.11 Å². The van der Waals surface area contributed by atoms with Crippen molar-refractivity contribution in [1.29, 1.82) is 0 Å². The first-order chi connectivity index (χ1) is 13.0. The lowest BCUT2D eigenvalue weighted by Gasteiger charge is -2.16. The topological polar surface area (TPSA) is 81.2 Å².